The van der Waals surface area contributed by atoms with E-state index in [9.17, 15) is 8.42 Å². The summed E-state index contributed by atoms with van der Waals surface area (Å²) in [6.45, 7) is 1.71. The number of rotatable bonds is 6. The lowest BCUT2D eigenvalue weighted by Gasteiger charge is -2.34. The van der Waals surface area contributed by atoms with Gasteiger partial charge in [-0.1, -0.05) is 36.4 Å². The Hall–Kier alpha value is -3.69. The average molecular weight is 491 g/mol. The van der Waals surface area contributed by atoms with Crippen molar-refractivity contribution in [3.8, 4) is 22.8 Å². The van der Waals surface area contributed by atoms with Gasteiger partial charge in [0, 0.05) is 37.8 Å². The van der Waals surface area contributed by atoms with Crippen LogP contribution in [0.25, 0.3) is 22.0 Å². The second kappa shape index (κ2) is 9.52. The number of ether oxygens (including phenoxy) is 2. The van der Waals surface area contributed by atoms with Gasteiger partial charge in [-0.15, -0.1) is 10.2 Å². The smallest absolute Gasteiger partial charge is 0.246 e. The van der Waals surface area contributed by atoms with Crippen molar-refractivity contribution in [2.75, 3.05) is 45.3 Å². The molecule has 0 saturated carbocycles. The van der Waals surface area contributed by atoms with Crippen LogP contribution >= 0.6 is 0 Å². The molecule has 0 atom stereocenters. The quantitative estimate of drug-likeness (QED) is 0.406. The molecule has 35 heavy (non-hydrogen) atoms. The van der Waals surface area contributed by atoms with Gasteiger partial charge in [0.2, 0.25) is 10.0 Å². The molecule has 0 spiro atoms. The number of hydrogen-bond acceptors (Lipinski definition) is 7. The largest absolute Gasteiger partial charge is 0.497 e. The van der Waals surface area contributed by atoms with Crippen LogP contribution in [0.5, 0.6) is 11.5 Å². The lowest BCUT2D eigenvalue weighted by atomic mass is 10.1. The first-order valence-electron chi connectivity index (χ1n) is 11.3. The summed E-state index contributed by atoms with van der Waals surface area (Å²) in [5, 5.41) is 11.2. The molecule has 0 aliphatic carbocycles. The highest BCUT2D eigenvalue weighted by Gasteiger charge is 2.31. The predicted molar refractivity (Wildman–Crippen MR) is 135 cm³/mol. The van der Waals surface area contributed by atoms with Crippen LogP contribution < -0.4 is 14.4 Å². The molecule has 3 aromatic carbocycles. The zero-order valence-corrected chi connectivity index (χ0v) is 20.4. The van der Waals surface area contributed by atoms with Gasteiger partial charge in [0.1, 0.15) is 16.4 Å². The van der Waals surface area contributed by atoms with Gasteiger partial charge in [-0.05, 0) is 41.1 Å². The molecular weight excluding hydrogens is 464 g/mol. The van der Waals surface area contributed by atoms with Crippen molar-refractivity contribution in [1.29, 1.82) is 0 Å². The number of sulfonamides is 1. The van der Waals surface area contributed by atoms with Crippen LogP contribution in [0.2, 0.25) is 0 Å². The Kier molecular flexibility index (Phi) is 6.27. The van der Waals surface area contributed by atoms with Crippen LogP contribution in [0, 0.1) is 0 Å². The molecule has 1 aliphatic heterocycles. The van der Waals surface area contributed by atoms with Gasteiger partial charge in [-0.25, -0.2) is 8.42 Å². The second-order valence-corrected chi connectivity index (χ2v) is 10.2. The monoisotopic (exact) mass is 490 g/mol. The van der Waals surface area contributed by atoms with E-state index in [2.05, 4.69) is 39.4 Å². The van der Waals surface area contributed by atoms with Crippen molar-refractivity contribution in [3.63, 3.8) is 0 Å². The summed E-state index contributed by atoms with van der Waals surface area (Å²) in [6.07, 6.45) is 0. The van der Waals surface area contributed by atoms with Crippen molar-refractivity contribution in [2.45, 2.75) is 4.90 Å². The van der Waals surface area contributed by atoms with Gasteiger partial charge in [-0.3, -0.25) is 0 Å². The van der Waals surface area contributed by atoms with Crippen LogP contribution in [0.1, 0.15) is 0 Å². The average Bonchev–Trinajstić information content (AvgIpc) is 2.92. The van der Waals surface area contributed by atoms with E-state index in [0.29, 0.717) is 31.9 Å². The fourth-order valence-electron chi connectivity index (χ4n) is 4.28. The fraction of sp³-hybridized carbons (Fsp3) is 0.231. The number of nitrogens with zero attached hydrogens (tertiary/aromatic N) is 4. The third kappa shape index (κ3) is 4.52. The van der Waals surface area contributed by atoms with E-state index in [0.717, 1.165) is 22.5 Å². The first-order chi connectivity index (χ1) is 17.0. The Morgan fingerprint density at radius 2 is 1.54 bits per heavy atom. The first kappa shape index (κ1) is 23.1. The second-order valence-electron chi connectivity index (χ2n) is 8.25. The molecule has 1 saturated heterocycles. The molecule has 0 radical (unpaired) electrons. The van der Waals surface area contributed by atoms with Gasteiger partial charge in [0.05, 0.1) is 19.9 Å². The van der Waals surface area contributed by atoms with E-state index in [1.165, 1.54) is 30.0 Å². The van der Waals surface area contributed by atoms with Gasteiger partial charge < -0.3 is 14.4 Å². The minimum Gasteiger partial charge on any atom is -0.497 e. The summed E-state index contributed by atoms with van der Waals surface area (Å²) in [5.41, 5.74) is 1.81. The molecule has 0 amide bonds. The molecular formula is C26H26N4O4S. The molecule has 2 heterocycles. The Morgan fingerprint density at radius 3 is 2.23 bits per heavy atom. The maximum atomic E-state index is 13.3. The molecule has 1 aromatic heterocycles. The summed E-state index contributed by atoms with van der Waals surface area (Å²) < 4.78 is 38.5. The number of methoxy groups -OCH3 is 2. The topological polar surface area (TPSA) is 84.9 Å². The summed E-state index contributed by atoms with van der Waals surface area (Å²) in [6, 6.07) is 23.1. The summed E-state index contributed by atoms with van der Waals surface area (Å²) in [4.78, 5) is 2.18. The Morgan fingerprint density at radius 1 is 0.771 bits per heavy atom. The molecule has 0 N–H and O–H groups in total. The normalized spacial score (nSPS) is 14.7. The molecule has 9 heteroatoms. The molecule has 0 bridgehead atoms. The standard InChI is InChI=1S/C26H26N4O4S/c1-33-22-9-11-25(24(18-22)34-2)35(31,32)30-15-13-29(14-16-30)26-12-10-23(27-28-26)21-8-7-19-5-3-4-6-20(19)17-21/h3-12,17-18H,13-16H2,1-2H3. The van der Waals surface area contributed by atoms with Crippen molar-refractivity contribution in [3.05, 3.63) is 72.8 Å². The third-order valence-electron chi connectivity index (χ3n) is 6.25. The van der Waals surface area contributed by atoms with E-state index in [1.54, 1.807) is 12.1 Å². The molecule has 0 unspecified atom stereocenters. The zero-order chi connectivity index (χ0) is 24.4. The number of anilines is 1. The maximum Gasteiger partial charge on any atom is 0.246 e. The number of aromatic nitrogens is 2. The van der Waals surface area contributed by atoms with E-state index >= 15 is 0 Å². The van der Waals surface area contributed by atoms with Crippen LogP contribution in [-0.4, -0.2) is 63.3 Å². The van der Waals surface area contributed by atoms with Gasteiger partial charge in [-0.2, -0.15) is 4.31 Å². The summed E-state index contributed by atoms with van der Waals surface area (Å²) in [5.74, 6) is 1.53. The van der Waals surface area contributed by atoms with Gasteiger partial charge >= 0.3 is 0 Å². The summed E-state index contributed by atoms with van der Waals surface area (Å²) in [7, 11) is -0.728. The first-order valence-corrected chi connectivity index (χ1v) is 12.7. The zero-order valence-electron chi connectivity index (χ0n) is 19.6. The van der Waals surface area contributed by atoms with Crippen molar-refractivity contribution in [1.82, 2.24) is 14.5 Å². The van der Waals surface area contributed by atoms with Gasteiger partial charge in [0.25, 0.3) is 0 Å². The Bertz CT molecular complexity index is 1450. The van der Waals surface area contributed by atoms with E-state index in [4.69, 9.17) is 9.47 Å². The number of hydrogen-bond donors (Lipinski definition) is 0. The predicted octanol–water partition coefficient (Wildman–Crippen LogP) is 3.82. The van der Waals surface area contributed by atoms with Crippen LogP contribution in [0.4, 0.5) is 5.82 Å². The Balaban J connectivity index is 1.29. The summed E-state index contributed by atoms with van der Waals surface area (Å²) >= 11 is 0. The van der Waals surface area contributed by atoms with Crippen molar-refractivity contribution < 1.29 is 17.9 Å². The van der Waals surface area contributed by atoms with Crippen LogP contribution in [0.3, 0.4) is 0 Å². The van der Waals surface area contributed by atoms with Crippen molar-refractivity contribution in [2.24, 2.45) is 0 Å². The minimum atomic E-state index is -3.71. The third-order valence-corrected chi connectivity index (χ3v) is 8.19. The fourth-order valence-corrected chi connectivity index (χ4v) is 5.84. The SMILES string of the molecule is COc1ccc(S(=O)(=O)N2CCN(c3ccc(-c4ccc5ccccc5c4)nn3)CC2)c(OC)c1. The number of benzene rings is 3. The van der Waals surface area contributed by atoms with E-state index < -0.39 is 10.0 Å². The number of fused-ring (bicyclic) bond motifs is 1. The molecule has 1 fully saturated rings. The molecule has 8 nitrogen and oxygen atoms in total. The number of piperazine rings is 1. The highest BCUT2D eigenvalue weighted by atomic mass is 32.2. The highest BCUT2D eigenvalue weighted by Crippen LogP contribution is 2.31. The maximum absolute atomic E-state index is 13.3. The molecule has 4 aromatic rings. The lowest BCUT2D eigenvalue weighted by Crippen LogP contribution is -2.49. The van der Waals surface area contributed by atoms with E-state index in [-0.39, 0.29) is 10.6 Å². The highest BCUT2D eigenvalue weighted by molar-refractivity contribution is 7.89. The minimum absolute atomic E-state index is 0.133. The van der Waals surface area contributed by atoms with Gasteiger partial charge in [0.15, 0.2) is 5.82 Å². The molecule has 5 rings (SSSR count). The Labute approximate surface area is 204 Å². The van der Waals surface area contributed by atoms with Crippen LogP contribution in [-0.2, 0) is 10.0 Å². The van der Waals surface area contributed by atoms with Crippen LogP contribution in [0.15, 0.2) is 77.7 Å². The lowest BCUT2D eigenvalue weighted by molar-refractivity contribution is 0.369. The molecule has 1 aliphatic rings. The van der Waals surface area contributed by atoms with Crippen molar-refractivity contribution >= 4 is 26.6 Å². The van der Waals surface area contributed by atoms with E-state index in [1.807, 2.05) is 30.3 Å². The molecule has 180 valence electrons.